The van der Waals surface area contributed by atoms with Gasteiger partial charge in [0.25, 0.3) is 5.91 Å². The number of amides is 2. The number of hydrogen-bond donors (Lipinski definition) is 2. The number of carbonyl (C=O) groups excluding carboxylic acids is 2. The highest BCUT2D eigenvalue weighted by Crippen LogP contribution is 2.19. The van der Waals surface area contributed by atoms with Crippen LogP contribution in [0, 0.1) is 12.8 Å². The maximum atomic E-state index is 12.2. The second kappa shape index (κ2) is 6.72. The van der Waals surface area contributed by atoms with Crippen LogP contribution in [-0.4, -0.2) is 43.9 Å². The van der Waals surface area contributed by atoms with Crippen LogP contribution in [0.4, 0.5) is 5.69 Å². The summed E-state index contributed by atoms with van der Waals surface area (Å²) < 4.78 is 0. The summed E-state index contributed by atoms with van der Waals surface area (Å²) >= 11 is 0. The average molecular weight is 289 g/mol. The molecule has 1 aliphatic rings. The molecule has 0 unspecified atom stereocenters. The third-order valence-corrected chi connectivity index (χ3v) is 3.84. The first kappa shape index (κ1) is 15.5. The molecule has 1 aliphatic heterocycles. The molecular weight excluding hydrogens is 266 g/mol. The van der Waals surface area contributed by atoms with Crippen molar-refractivity contribution >= 4 is 17.5 Å². The van der Waals surface area contributed by atoms with E-state index in [2.05, 4.69) is 10.6 Å². The monoisotopic (exact) mass is 289 g/mol. The first-order chi connectivity index (χ1) is 9.99. The van der Waals surface area contributed by atoms with Crippen molar-refractivity contribution in [2.45, 2.75) is 19.8 Å². The molecule has 114 valence electrons. The summed E-state index contributed by atoms with van der Waals surface area (Å²) in [6, 6.07) is 5.42. The van der Waals surface area contributed by atoms with Crippen LogP contribution in [0.3, 0.4) is 0 Å². The predicted octanol–water partition coefficient (Wildman–Crippen LogP) is 1.63. The van der Waals surface area contributed by atoms with Crippen LogP contribution in [0.2, 0.25) is 0 Å². The smallest absolute Gasteiger partial charge is 0.253 e. The fraction of sp³-hybridized carbons (Fsp3) is 0.500. The van der Waals surface area contributed by atoms with Crippen LogP contribution in [0.1, 0.15) is 28.8 Å². The molecule has 1 aromatic rings. The Balaban J connectivity index is 2.06. The SMILES string of the molecule is Cc1cc(NC(=O)C2CCNCC2)ccc1C(=O)N(C)C. The molecule has 0 saturated carbocycles. The zero-order chi connectivity index (χ0) is 15.4. The molecule has 2 amide bonds. The standard InChI is InChI=1S/C16H23N3O2/c1-11-10-13(4-5-14(11)16(21)19(2)3)18-15(20)12-6-8-17-9-7-12/h4-5,10,12,17H,6-9H2,1-3H3,(H,18,20). The van der Waals surface area contributed by atoms with Crippen LogP contribution < -0.4 is 10.6 Å². The Kier molecular flexibility index (Phi) is 4.96. The molecule has 1 heterocycles. The fourth-order valence-corrected chi connectivity index (χ4v) is 2.55. The first-order valence-corrected chi connectivity index (χ1v) is 7.33. The molecular formula is C16H23N3O2. The van der Waals surface area contributed by atoms with Gasteiger partial charge in [0.1, 0.15) is 0 Å². The Hall–Kier alpha value is -1.88. The fourth-order valence-electron chi connectivity index (χ4n) is 2.55. The van der Waals surface area contributed by atoms with Crippen LogP contribution >= 0.6 is 0 Å². The molecule has 5 heteroatoms. The van der Waals surface area contributed by atoms with Gasteiger partial charge in [-0.25, -0.2) is 0 Å². The van der Waals surface area contributed by atoms with E-state index in [9.17, 15) is 9.59 Å². The van der Waals surface area contributed by atoms with E-state index in [4.69, 9.17) is 0 Å². The largest absolute Gasteiger partial charge is 0.345 e. The van der Waals surface area contributed by atoms with Crippen molar-refractivity contribution in [3.05, 3.63) is 29.3 Å². The van der Waals surface area contributed by atoms with Crippen molar-refractivity contribution in [3.8, 4) is 0 Å². The minimum Gasteiger partial charge on any atom is -0.345 e. The highest BCUT2D eigenvalue weighted by atomic mass is 16.2. The van der Waals surface area contributed by atoms with Gasteiger partial charge in [-0.2, -0.15) is 0 Å². The predicted molar refractivity (Wildman–Crippen MR) is 83.4 cm³/mol. The zero-order valence-corrected chi connectivity index (χ0v) is 12.9. The maximum Gasteiger partial charge on any atom is 0.253 e. The molecule has 21 heavy (non-hydrogen) atoms. The number of hydrogen-bond acceptors (Lipinski definition) is 3. The third-order valence-electron chi connectivity index (χ3n) is 3.84. The Morgan fingerprint density at radius 3 is 2.48 bits per heavy atom. The van der Waals surface area contributed by atoms with Crippen LogP contribution in [0.15, 0.2) is 18.2 Å². The lowest BCUT2D eigenvalue weighted by molar-refractivity contribution is -0.120. The molecule has 1 fully saturated rings. The minimum absolute atomic E-state index is 0.0243. The number of nitrogens with one attached hydrogen (secondary N) is 2. The lowest BCUT2D eigenvalue weighted by Gasteiger charge is -2.22. The molecule has 2 N–H and O–H groups in total. The number of anilines is 1. The first-order valence-electron chi connectivity index (χ1n) is 7.33. The van der Waals surface area contributed by atoms with E-state index in [1.165, 1.54) is 0 Å². The van der Waals surface area contributed by atoms with E-state index in [0.29, 0.717) is 5.56 Å². The Morgan fingerprint density at radius 1 is 1.24 bits per heavy atom. The highest BCUT2D eigenvalue weighted by molar-refractivity contribution is 5.97. The van der Waals surface area contributed by atoms with Gasteiger partial charge in [0.05, 0.1) is 0 Å². The molecule has 1 saturated heterocycles. The van der Waals surface area contributed by atoms with Gasteiger partial charge in [0.15, 0.2) is 0 Å². The van der Waals surface area contributed by atoms with E-state index < -0.39 is 0 Å². The lowest BCUT2D eigenvalue weighted by atomic mass is 9.97. The van der Waals surface area contributed by atoms with Gasteiger partial charge in [-0.1, -0.05) is 0 Å². The number of aryl methyl sites for hydroxylation is 1. The molecule has 0 aliphatic carbocycles. The molecule has 0 radical (unpaired) electrons. The molecule has 0 atom stereocenters. The van der Waals surface area contributed by atoms with Crippen molar-refractivity contribution in [2.75, 3.05) is 32.5 Å². The van der Waals surface area contributed by atoms with Crippen molar-refractivity contribution in [1.82, 2.24) is 10.2 Å². The second-order valence-electron chi connectivity index (χ2n) is 5.74. The van der Waals surface area contributed by atoms with Gasteiger partial charge >= 0.3 is 0 Å². The van der Waals surface area contributed by atoms with Gasteiger partial charge in [-0.15, -0.1) is 0 Å². The molecule has 0 bridgehead atoms. The van der Waals surface area contributed by atoms with E-state index in [0.717, 1.165) is 37.2 Å². The second-order valence-corrected chi connectivity index (χ2v) is 5.74. The van der Waals surface area contributed by atoms with Crippen LogP contribution in [0.5, 0.6) is 0 Å². The van der Waals surface area contributed by atoms with Gasteiger partial charge in [-0.05, 0) is 56.6 Å². The topological polar surface area (TPSA) is 61.4 Å². The summed E-state index contributed by atoms with van der Waals surface area (Å²) in [6.07, 6.45) is 1.75. The van der Waals surface area contributed by atoms with E-state index in [-0.39, 0.29) is 17.7 Å². The normalized spacial score (nSPS) is 15.6. The molecule has 0 aromatic heterocycles. The van der Waals surface area contributed by atoms with Crippen LogP contribution in [0.25, 0.3) is 0 Å². The van der Waals surface area contributed by atoms with Crippen LogP contribution in [-0.2, 0) is 4.79 Å². The number of piperidine rings is 1. The number of rotatable bonds is 3. The minimum atomic E-state index is -0.0243. The van der Waals surface area contributed by atoms with Crippen molar-refractivity contribution < 1.29 is 9.59 Å². The Morgan fingerprint density at radius 2 is 1.90 bits per heavy atom. The third kappa shape index (κ3) is 3.82. The van der Waals surface area contributed by atoms with Gasteiger partial charge in [0, 0.05) is 31.3 Å². The summed E-state index contributed by atoms with van der Waals surface area (Å²) in [5.74, 6) is 0.126. The lowest BCUT2D eigenvalue weighted by Crippen LogP contribution is -2.34. The highest BCUT2D eigenvalue weighted by Gasteiger charge is 2.21. The Labute approximate surface area is 125 Å². The van der Waals surface area contributed by atoms with Crippen molar-refractivity contribution in [1.29, 1.82) is 0 Å². The molecule has 0 spiro atoms. The number of nitrogens with zero attached hydrogens (tertiary/aromatic N) is 1. The van der Waals surface area contributed by atoms with Gasteiger partial charge < -0.3 is 15.5 Å². The Bertz CT molecular complexity index is 534. The van der Waals surface area contributed by atoms with Crippen molar-refractivity contribution in [3.63, 3.8) is 0 Å². The van der Waals surface area contributed by atoms with E-state index in [1.54, 1.807) is 31.1 Å². The summed E-state index contributed by atoms with van der Waals surface area (Å²) in [4.78, 5) is 25.7. The molecule has 1 aromatic carbocycles. The molecule has 5 nitrogen and oxygen atoms in total. The summed E-state index contributed by atoms with van der Waals surface area (Å²) in [5.41, 5.74) is 2.29. The van der Waals surface area contributed by atoms with E-state index >= 15 is 0 Å². The molecule has 2 rings (SSSR count). The van der Waals surface area contributed by atoms with Crippen molar-refractivity contribution in [2.24, 2.45) is 5.92 Å². The maximum absolute atomic E-state index is 12.2. The summed E-state index contributed by atoms with van der Waals surface area (Å²) in [7, 11) is 3.46. The van der Waals surface area contributed by atoms with Gasteiger partial charge in [-0.3, -0.25) is 9.59 Å². The zero-order valence-electron chi connectivity index (χ0n) is 12.9. The number of benzene rings is 1. The average Bonchev–Trinajstić information content (AvgIpc) is 2.47. The quantitative estimate of drug-likeness (QED) is 0.889. The number of carbonyl (C=O) groups is 2. The summed E-state index contributed by atoms with van der Waals surface area (Å²) in [6.45, 7) is 3.68. The summed E-state index contributed by atoms with van der Waals surface area (Å²) in [5, 5.41) is 6.21. The van der Waals surface area contributed by atoms with E-state index in [1.807, 2.05) is 13.0 Å². The van der Waals surface area contributed by atoms with Gasteiger partial charge in [0.2, 0.25) is 5.91 Å².